The lowest BCUT2D eigenvalue weighted by molar-refractivity contribution is 0.291. The molecule has 0 amide bonds. The van der Waals surface area contributed by atoms with Crippen LogP contribution in [0.4, 0.5) is 0 Å². The summed E-state index contributed by atoms with van der Waals surface area (Å²) in [6.45, 7) is 3.99. The van der Waals surface area contributed by atoms with E-state index in [1.165, 1.54) is 28.7 Å². The van der Waals surface area contributed by atoms with Crippen molar-refractivity contribution in [1.29, 1.82) is 0 Å². The van der Waals surface area contributed by atoms with Crippen molar-refractivity contribution in [3.8, 4) is 0 Å². The Morgan fingerprint density at radius 1 is 1.14 bits per heavy atom. The van der Waals surface area contributed by atoms with Crippen molar-refractivity contribution in [2.24, 2.45) is 0 Å². The standard InChI is InChI=1S/C20H22O2/c1-14-12-16(13-15(2)22-14)17-8-4-5-9-18(17)19-10-6-7-11-20(19)21-3/h5,9,11-13H,6-8,10H2,1-3H3. The minimum absolute atomic E-state index is 0.829. The molecule has 0 aromatic rings. The Bertz CT molecular complexity index is 631. The van der Waals surface area contributed by atoms with Gasteiger partial charge in [-0.05, 0) is 74.5 Å². The summed E-state index contributed by atoms with van der Waals surface area (Å²) >= 11 is 0. The van der Waals surface area contributed by atoms with E-state index in [4.69, 9.17) is 9.47 Å². The first-order valence-electron chi connectivity index (χ1n) is 7.84. The first-order valence-corrected chi connectivity index (χ1v) is 7.84. The highest BCUT2D eigenvalue weighted by atomic mass is 16.5. The summed E-state index contributed by atoms with van der Waals surface area (Å²) in [5, 5.41) is 0. The molecule has 0 saturated carbocycles. The molecule has 0 atom stereocenters. The zero-order chi connectivity index (χ0) is 15.5. The average Bonchev–Trinajstić information content (AvgIpc) is 2.54. The van der Waals surface area contributed by atoms with Crippen LogP contribution in [0.5, 0.6) is 0 Å². The molecule has 22 heavy (non-hydrogen) atoms. The highest BCUT2D eigenvalue weighted by molar-refractivity contribution is 5.59. The van der Waals surface area contributed by atoms with Crippen LogP contribution in [0.15, 0.2) is 70.0 Å². The topological polar surface area (TPSA) is 18.5 Å². The fraction of sp³-hybridized carbons (Fsp3) is 0.350. The second-order valence-electron chi connectivity index (χ2n) is 5.82. The third-order valence-corrected chi connectivity index (χ3v) is 4.16. The number of rotatable bonds is 1. The van der Waals surface area contributed by atoms with E-state index in [0.717, 1.165) is 36.5 Å². The average molecular weight is 294 g/mol. The third-order valence-electron chi connectivity index (χ3n) is 4.16. The van der Waals surface area contributed by atoms with Crippen molar-refractivity contribution in [2.75, 3.05) is 7.11 Å². The maximum Gasteiger partial charge on any atom is 0.118 e. The van der Waals surface area contributed by atoms with E-state index in [1.807, 2.05) is 19.9 Å². The first kappa shape index (κ1) is 15.0. The van der Waals surface area contributed by atoms with Gasteiger partial charge in [-0.1, -0.05) is 12.2 Å². The molecule has 0 spiro atoms. The molecule has 0 aromatic heterocycles. The largest absolute Gasteiger partial charge is 0.497 e. The van der Waals surface area contributed by atoms with Crippen molar-refractivity contribution in [3.05, 3.63) is 76.4 Å². The Hall–Kier alpha value is -1.96. The van der Waals surface area contributed by atoms with Gasteiger partial charge in [0.1, 0.15) is 17.3 Å². The zero-order valence-corrected chi connectivity index (χ0v) is 13.5. The third kappa shape index (κ3) is 2.96. The lowest BCUT2D eigenvalue weighted by Crippen LogP contribution is -2.08. The molecule has 2 aliphatic carbocycles. The highest BCUT2D eigenvalue weighted by Gasteiger charge is 2.21. The Balaban J connectivity index is 2.15. The van der Waals surface area contributed by atoms with Crippen LogP contribution in [0.2, 0.25) is 0 Å². The van der Waals surface area contributed by atoms with Crippen LogP contribution in [0.1, 0.15) is 39.5 Å². The number of methoxy groups -OCH3 is 1. The molecule has 0 N–H and O–H groups in total. The van der Waals surface area contributed by atoms with E-state index < -0.39 is 0 Å². The lowest BCUT2D eigenvalue weighted by atomic mass is 9.83. The van der Waals surface area contributed by atoms with Gasteiger partial charge in [-0.3, -0.25) is 0 Å². The van der Waals surface area contributed by atoms with Crippen LogP contribution < -0.4 is 0 Å². The molecular formula is C20H22O2. The van der Waals surface area contributed by atoms with Gasteiger partial charge in [0.25, 0.3) is 0 Å². The van der Waals surface area contributed by atoms with Crippen molar-refractivity contribution in [2.45, 2.75) is 39.5 Å². The summed E-state index contributed by atoms with van der Waals surface area (Å²) in [6.07, 6.45) is 18.1. The molecule has 0 aromatic carbocycles. The highest BCUT2D eigenvalue weighted by Crippen LogP contribution is 2.37. The molecule has 3 rings (SSSR count). The van der Waals surface area contributed by atoms with E-state index in [-0.39, 0.29) is 0 Å². The van der Waals surface area contributed by atoms with Crippen LogP contribution in [0, 0.1) is 6.42 Å². The summed E-state index contributed by atoms with van der Waals surface area (Å²) < 4.78 is 11.2. The SMILES string of the molecule is COC1=CCCCC1=C1C=C[C]CC1=C1C=C(C)OC(C)=C1. The van der Waals surface area contributed by atoms with E-state index in [9.17, 15) is 0 Å². The normalized spacial score (nSPS) is 25.3. The van der Waals surface area contributed by atoms with E-state index in [1.54, 1.807) is 7.11 Å². The van der Waals surface area contributed by atoms with Crippen LogP contribution >= 0.6 is 0 Å². The molecule has 1 aliphatic heterocycles. The molecule has 1 heterocycles. The van der Waals surface area contributed by atoms with Crippen molar-refractivity contribution in [3.63, 3.8) is 0 Å². The minimum Gasteiger partial charge on any atom is -0.497 e. The van der Waals surface area contributed by atoms with Gasteiger partial charge in [0.2, 0.25) is 0 Å². The molecule has 2 heteroatoms. The Labute approximate surface area is 133 Å². The summed E-state index contributed by atoms with van der Waals surface area (Å²) in [5.74, 6) is 2.90. The zero-order valence-electron chi connectivity index (χ0n) is 13.5. The van der Waals surface area contributed by atoms with Crippen LogP contribution in [-0.2, 0) is 9.47 Å². The molecular weight excluding hydrogens is 272 g/mol. The molecule has 0 saturated heterocycles. The van der Waals surface area contributed by atoms with Crippen LogP contribution in [-0.4, -0.2) is 7.11 Å². The Morgan fingerprint density at radius 2 is 1.91 bits per heavy atom. The molecule has 0 fully saturated rings. The lowest BCUT2D eigenvalue weighted by Gasteiger charge is -2.24. The predicted octanol–water partition coefficient (Wildman–Crippen LogP) is 5.17. The number of ether oxygens (including phenoxy) is 2. The maximum atomic E-state index is 5.63. The molecule has 2 radical (unpaired) electrons. The molecule has 3 aliphatic rings. The summed E-state index contributed by atoms with van der Waals surface area (Å²) in [5.41, 5.74) is 5.14. The molecule has 0 bridgehead atoms. The van der Waals surface area contributed by atoms with Crippen LogP contribution in [0.25, 0.3) is 0 Å². The van der Waals surface area contributed by atoms with Gasteiger partial charge in [-0.15, -0.1) is 0 Å². The van der Waals surface area contributed by atoms with Crippen molar-refractivity contribution in [1.82, 2.24) is 0 Å². The number of hydrogen-bond donors (Lipinski definition) is 0. The van der Waals surface area contributed by atoms with Gasteiger partial charge >= 0.3 is 0 Å². The van der Waals surface area contributed by atoms with Crippen LogP contribution in [0.3, 0.4) is 0 Å². The van der Waals surface area contributed by atoms with Gasteiger partial charge in [0, 0.05) is 12.0 Å². The maximum absolute atomic E-state index is 5.63. The Kier molecular flexibility index (Phi) is 4.37. The summed E-state index contributed by atoms with van der Waals surface area (Å²) in [6, 6.07) is 0. The summed E-state index contributed by atoms with van der Waals surface area (Å²) in [4.78, 5) is 0. The fourth-order valence-electron chi connectivity index (χ4n) is 3.24. The van der Waals surface area contributed by atoms with Gasteiger partial charge in [0.05, 0.1) is 7.11 Å². The quantitative estimate of drug-likeness (QED) is 0.664. The second-order valence-corrected chi connectivity index (χ2v) is 5.82. The molecule has 0 unspecified atom stereocenters. The molecule has 114 valence electrons. The number of allylic oxidation sites excluding steroid dienone is 11. The predicted molar refractivity (Wildman–Crippen MR) is 88.6 cm³/mol. The van der Waals surface area contributed by atoms with Crippen molar-refractivity contribution < 1.29 is 9.47 Å². The first-order chi connectivity index (χ1) is 10.7. The van der Waals surface area contributed by atoms with Gasteiger partial charge < -0.3 is 9.47 Å². The van der Waals surface area contributed by atoms with E-state index in [2.05, 4.69) is 30.7 Å². The fourth-order valence-corrected chi connectivity index (χ4v) is 3.24. The summed E-state index contributed by atoms with van der Waals surface area (Å²) in [7, 11) is 1.76. The monoisotopic (exact) mass is 294 g/mol. The Morgan fingerprint density at radius 3 is 2.64 bits per heavy atom. The number of hydrogen-bond acceptors (Lipinski definition) is 2. The molecule has 2 nitrogen and oxygen atoms in total. The smallest absolute Gasteiger partial charge is 0.118 e. The van der Waals surface area contributed by atoms with Gasteiger partial charge in [-0.25, -0.2) is 0 Å². The van der Waals surface area contributed by atoms with E-state index in [0.29, 0.717) is 0 Å². The minimum atomic E-state index is 0.829. The van der Waals surface area contributed by atoms with Crippen molar-refractivity contribution >= 4 is 0 Å². The van der Waals surface area contributed by atoms with Gasteiger partial charge in [-0.2, -0.15) is 0 Å². The second kappa shape index (κ2) is 6.43. The van der Waals surface area contributed by atoms with E-state index >= 15 is 0 Å². The van der Waals surface area contributed by atoms with Gasteiger partial charge in [0.15, 0.2) is 0 Å².